The second-order valence-corrected chi connectivity index (χ2v) is 8.02. The molecule has 0 aliphatic rings. The molecule has 0 bridgehead atoms. The highest BCUT2D eigenvalue weighted by Crippen LogP contribution is 2.20. The molecule has 0 saturated carbocycles. The largest absolute Gasteiger partial charge is 0.392 e. The Hall–Kier alpha value is -3.20. The molecule has 2 heteroatoms. The lowest BCUT2D eigenvalue weighted by molar-refractivity contribution is 0.281. The molecule has 0 unspecified atom stereocenters. The smallest absolute Gasteiger partial charge is 0.0681 e. The van der Waals surface area contributed by atoms with Gasteiger partial charge in [-0.1, -0.05) is 147 Å². The van der Waals surface area contributed by atoms with Gasteiger partial charge in [0.1, 0.15) is 0 Å². The summed E-state index contributed by atoms with van der Waals surface area (Å²) in [4.78, 5) is 0. The molecule has 0 heterocycles. The summed E-state index contributed by atoms with van der Waals surface area (Å²) >= 11 is 0. The van der Waals surface area contributed by atoms with E-state index in [0.29, 0.717) is 0 Å². The summed E-state index contributed by atoms with van der Waals surface area (Å²) in [6, 6.07) is 32.7. The van der Waals surface area contributed by atoms with E-state index in [-0.39, 0.29) is 13.2 Å². The maximum atomic E-state index is 8.94. The van der Waals surface area contributed by atoms with Crippen molar-refractivity contribution in [1.82, 2.24) is 0 Å². The maximum Gasteiger partial charge on any atom is 0.0681 e. The van der Waals surface area contributed by atoms with Gasteiger partial charge in [-0.2, -0.15) is 0 Å². The van der Waals surface area contributed by atoms with Gasteiger partial charge < -0.3 is 10.2 Å². The number of hydrogen-bond donors (Lipinski definition) is 2. The molecule has 2 nitrogen and oxygen atoms in total. The molecule has 0 fully saturated rings. The van der Waals surface area contributed by atoms with Crippen LogP contribution >= 0.6 is 0 Å². The fraction of sp³-hybridized carbons (Fsp3) is 0.294. The van der Waals surface area contributed by atoms with Gasteiger partial charge in [-0.25, -0.2) is 0 Å². The first-order valence-corrected chi connectivity index (χ1v) is 12.9. The number of hydrogen-bond acceptors (Lipinski definition) is 2. The number of aliphatic hydroxyl groups excluding tert-OH is 2. The molecule has 194 valence electrons. The predicted octanol–water partition coefficient (Wildman–Crippen LogP) is 9.00. The Bertz CT molecular complexity index is 1010. The van der Waals surface area contributed by atoms with Gasteiger partial charge in [0.05, 0.1) is 13.2 Å². The summed E-state index contributed by atoms with van der Waals surface area (Å²) in [5.41, 5.74) is 9.48. The minimum Gasteiger partial charge on any atom is -0.392 e. The van der Waals surface area contributed by atoms with Crippen molar-refractivity contribution in [2.75, 3.05) is 0 Å². The molecule has 36 heavy (non-hydrogen) atoms. The molecule has 0 aromatic heterocycles. The van der Waals surface area contributed by atoms with Crippen LogP contribution in [0.4, 0.5) is 0 Å². The number of rotatable bonds is 3. The normalized spacial score (nSPS) is 9.06. The summed E-state index contributed by atoms with van der Waals surface area (Å²) in [6.07, 6.45) is 0. The standard InChI is InChI=1S/C14H14O.C8H10O.C8H10.2C2H6/c1-11-2-6-13(7-3-11)14-8-4-12(10-15)5-9-14;1-7-2-4-8(6-9)5-3-7;1-7-3-5-8(2)6-4-7;2*1-2/h2-9,15H,10H2,1H3;2-5,9H,6H2,1H3;3-6H,1-2H3;2*1-2H3. The molecule has 0 aliphatic carbocycles. The zero-order valence-corrected chi connectivity index (χ0v) is 23.5. The van der Waals surface area contributed by atoms with Crippen LogP contribution in [0.5, 0.6) is 0 Å². The van der Waals surface area contributed by atoms with E-state index in [1.807, 2.05) is 83.1 Å². The Morgan fingerprint density at radius 2 is 0.556 bits per heavy atom. The lowest BCUT2D eigenvalue weighted by Gasteiger charge is -2.03. The molecular formula is C34H46O2. The number of aryl methyl sites for hydroxylation is 4. The molecule has 0 amide bonds. The zero-order valence-electron chi connectivity index (χ0n) is 23.5. The highest BCUT2D eigenvalue weighted by Gasteiger charge is 1.97. The van der Waals surface area contributed by atoms with E-state index in [0.717, 1.165) is 11.1 Å². The van der Waals surface area contributed by atoms with Crippen molar-refractivity contribution in [1.29, 1.82) is 0 Å². The average molecular weight is 487 g/mol. The molecule has 0 saturated heterocycles. The van der Waals surface area contributed by atoms with Crippen LogP contribution in [0.25, 0.3) is 11.1 Å². The highest BCUT2D eigenvalue weighted by molar-refractivity contribution is 5.63. The minimum atomic E-state index is 0.105. The molecule has 0 radical (unpaired) electrons. The Morgan fingerprint density at radius 1 is 0.361 bits per heavy atom. The summed E-state index contributed by atoms with van der Waals surface area (Å²) in [6.45, 7) is 16.5. The van der Waals surface area contributed by atoms with Crippen LogP contribution in [0.1, 0.15) is 61.1 Å². The van der Waals surface area contributed by atoms with Crippen LogP contribution in [0.3, 0.4) is 0 Å². The number of benzene rings is 4. The minimum absolute atomic E-state index is 0.105. The monoisotopic (exact) mass is 486 g/mol. The van der Waals surface area contributed by atoms with E-state index in [1.165, 1.54) is 33.4 Å². The van der Waals surface area contributed by atoms with Crippen LogP contribution in [-0.2, 0) is 13.2 Å². The summed E-state index contributed by atoms with van der Waals surface area (Å²) in [5, 5.41) is 17.6. The Morgan fingerprint density at radius 3 is 0.833 bits per heavy atom. The van der Waals surface area contributed by atoms with Gasteiger partial charge in [0.15, 0.2) is 0 Å². The van der Waals surface area contributed by atoms with Gasteiger partial charge in [-0.3, -0.25) is 0 Å². The molecule has 4 rings (SSSR count). The van der Waals surface area contributed by atoms with E-state index in [2.05, 4.69) is 69.3 Å². The predicted molar refractivity (Wildman–Crippen MR) is 158 cm³/mol. The average Bonchev–Trinajstić information content (AvgIpc) is 2.94. The van der Waals surface area contributed by atoms with Crippen LogP contribution in [0.2, 0.25) is 0 Å². The SMILES string of the molecule is CC.CC.Cc1ccc(-c2ccc(CO)cc2)cc1.Cc1ccc(C)cc1.Cc1ccc(CO)cc1. The van der Waals surface area contributed by atoms with Crippen molar-refractivity contribution in [2.45, 2.75) is 68.6 Å². The van der Waals surface area contributed by atoms with Crippen molar-refractivity contribution in [3.8, 4) is 11.1 Å². The zero-order chi connectivity index (χ0) is 27.3. The third kappa shape index (κ3) is 13.6. The van der Waals surface area contributed by atoms with Crippen molar-refractivity contribution >= 4 is 0 Å². The van der Waals surface area contributed by atoms with Crippen molar-refractivity contribution in [3.05, 3.63) is 130 Å². The van der Waals surface area contributed by atoms with Gasteiger partial charge in [-0.05, 0) is 49.9 Å². The van der Waals surface area contributed by atoms with E-state index in [1.54, 1.807) is 0 Å². The summed E-state index contributed by atoms with van der Waals surface area (Å²) in [7, 11) is 0. The first-order valence-electron chi connectivity index (χ1n) is 12.9. The fourth-order valence-electron chi connectivity index (χ4n) is 2.88. The van der Waals surface area contributed by atoms with Gasteiger partial charge >= 0.3 is 0 Å². The van der Waals surface area contributed by atoms with Crippen molar-refractivity contribution in [2.24, 2.45) is 0 Å². The third-order valence-corrected chi connectivity index (χ3v) is 5.04. The van der Waals surface area contributed by atoms with E-state index in [9.17, 15) is 0 Å². The third-order valence-electron chi connectivity index (χ3n) is 5.04. The van der Waals surface area contributed by atoms with Crippen LogP contribution in [0.15, 0.2) is 97.1 Å². The van der Waals surface area contributed by atoms with E-state index >= 15 is 0 Å². The van der Waals surface area contributed by atoms with Crippen molar-refractivity contribution < 1.29 is 10.2 Å². The molecule has 2 N–H and O–H groups in total. The highest BCUT2D eigenvalue weighted by atomic mass is 16.3. The second kappa shape index (κ2) is 20.0. The summed E-state index contributed by atoms with van der Waals surface area (Å²) in [5.74, 6) is 0. The van der Waals surface area contributed by atoms with Gasteiger partial charge in [-0.15, -0.1) is 0 Å². The molecule has 0 aliphatic heterocycles. The van der Waals surface area contributed by atoms with Crippen LogP contribution in [0, 0.1) is 27.7 Å². The van der Waals surface area contributed by atoms with E-state index < -0.39 is 0 Å². The van der Waals surface area contributed by atoms with Crippen molar-refractivity contribution in [3.63, 3.8) is 0 Å². The molecule has 0 spiro atoms. The molecular weight excluding hydrogens is 440 g/mol. The lowest BCUT2D eigenvalue weighted by atomic mass is 10.0. The Kier molecular flexibility index (Phi) is 18.3. The van der Waals surface area contributed by atoms with E-state index in [4.69, 9.17) is 10.2 Å². The molecule has 0 atom stereocenters. The van der Waals surface area contributed by atoms with Crippen LogP contribution in [-0.4, -0.2) is 10.2 Å². The quantitative estimate of drug-likeness (QED) is 0.303. The first-order chi connectivity index (χ1) is 17.4. The molecule has 4 aromatic rings. The maximum absolute atomic E-state index is 8.94. The Labute approximate surface area is 220 Å². The van der Waals surface area contributed by atoms with Crippen LogP contribution < -0.4 is 0 Å². The second-order valence-electron chi connectivity index (χ2n) is 8.02. The topological polar surface area (TPSA) is 40.5 Å². The molecule has 4 aromatic carbocycles. The Balaban J connectivity index is 0.000000504. The first kappa shape index (κ1) is 32.8. The van der Waals surface area contributed by atoms with Gasteiger partial charge in [0.25, 0.3) is 0 Å². The fourth-order valence-corrected chi connectivity index (χ4v) is 2.88. The van der Waals surface area contributed by atoms with Gasteiger partial charge in [0.2, 0.25) is 0 Å². The lowest BCUT2D eigenvalue weighted by Crippen LogP contribution is -1.83. The summed E-state index contributed by atoms with van der Waals surface area (Å²) < 4.78 is 0. The number of aliphatic hydroxyl groups is 2. The van der Waals surface area contributed by atoms with Gasteiger partial charge in [0, 0.05) is 0 Å².